The zero-order valence-corrected chi connectivity index (χ0v) is 12.0. The molecule has 0 radical (unpaired) electrons. The second kappa shape index (κ2) is 4.84. The van der Waals surface area contributed by atoms with Crippen molar-refractivity contribution in [3.63, 3.8) is 0 Å². The first-order valence-corrected chi connectivity index (χ1v) is 6.90. The molecule has 0 saturated carbocycles. The van der Waals surface area contributed by atoms with Crippen LogP contribution in [-0.4, -0.2) is 12.5 Å². The highest BCUT2D eigenvalue weighted by Crippen LogP contribution is 2.36. The third-order valence-corrected chi connectivity index (χ3v) is 4.00. The molecule has 4 heteroatoms. The van der Waals surface area contributed by atoms with Gasteiger partial charge in [0.2, 0.25) is 0 Å². The zero-order valence-electron chi connectivity index (χ0n) is 11.3. The summed E-state index contributed by atoms with van der Waals surface area (Å²) in [5, 5.41) is 0.713. The highest BCUT2D eigenvalue weighted by atomic mass is 35.5. The predicted molar refractivity (Wildman–Crippen MR) is 84.2 cm³/mol. The molecule has 0 fully saturated rings. The second-order valence-corrected chi connectivity index (χ2v) is 5.56. The molecule has 2 aromatic rings. The molecule has 0 amide bonds. The van der Waals surface area contributed by atoms with Gasteiger partial charge >= 0.3 is 0 Å². The maximum atomic E-state index is 6.10. The van der Waals surface area contributed by atoms with E-state index < -0.39 is 0 Å². The molecule has 1 aliphatic heterocycles. The first-order chi connectivity index (χ1) is 9.61. The van der Waals surface area contributed by atoms with E-state index in [-0.39, 0.29) is 5.54 Å². The molecule has 0 aliphatic carbocycles. The highest BCUT2D eigenvalue weighted by molar-refractivity contribution is 6.30. The number of hydrogen-bond acceptors (Lipinski definition) is 3. The Balaban J connectivity index is 2.06. The molecule has 0 saturated heterocycles. The molecule has 0 bridgehead atoms. The van der Waals surface area contributed by atoms with Crippen molar-refractivity contribution in [3.05, 3.63) is 65.2 Å². The van der Waals surface area contributed by atoms with Crippen LogP contribution in [0.4, 0.5) is 5.69 Å². The van der Waals surface area contributed by atoms with Crippen molar-refractivity contribution in [1.82, 2.24) is 0 Å². The Hall–Kier alpha value is -2.00. The summed E-state index contributed by atoms with van der Waals surface area (Å²) >= 11 is 5.96. The van der Waals surface area contributed by atoms with Gasteiger partial charge in [-0.3, -0.25) is 4.99 Å². The Morgan fingerprint density at radius 2 is 1.75 bits per heavy atom. The first-order valence-electron chi connectivity index (χ1n) is 6.52. The summed E-state index contributed by atoms with van der Waals surface area (Å²) in [7, 11) is 0. The molecule has 0 aromatic heterocycles. The van der Waals surface area contributed by atoms with Crippen molar-refractivity contribution in [2.24, 2.45) is 10.7 Å². The average Bonchev–Trinajstić information content (AvgIpc) is 2.78. The lowest BCUT2D eigenvalue weighted by molar-refractivity contribution is 0.533. The largest absolute Gasteiger partial charge is 0.369 e. The fourth-order valence-corrected chi connectivity index (χ4v) is 2.78. The summed E-state index contributed by atoms with van der Waals surface area (Å²) in [5.41, 5.74) is 8.03. The van der Waals surface area contributed by atoms with E-state index in [2.05, 4.69) is 28.9 Å². The molecule has 3 nitrogen and oxygen atoms in total. The third-order valence-electron chi connectivity index (χ3n) is 3.75. The second-order valence-electron chi connectivity index (χ2n) is 5.13. The molecule has 102 valence electrons. The summed E-state index contributed by atoms with van der Waals surface area (Å²) in [5.74, 6) is 0.540. The number of rotatable bonds is 2. The lowest BCUT2D eigenvalue weighted by atomic mass is 9.90. The molecule has 2 aromatic carbocycles. The van der Waals surface area contributed by atoms with E-state index in [4.69, 9.17) is 17.3 Å². The van der Waals surface area contributed by atoms with Crippen LogP contribution >= 0.6 is 11.6 Å². The van der Waals surface area contributed by atoms with Crippen LogP contribution in [0.25, 0.3) is 0 Å². The van der Waals surface area contributed by atoms with Gasteiger partial charge in [-0.1, -0.05) is 41.9 Å². The van der Waals surface area contributed by atoms with E-state index in [1.54, 1.807) is 0 Å². The Morgan fingerprint density at radius 1 is 1.10 bits per heavy atom. The van der Waals surface area contributed by atoms with Gasteiger partial charge in [-0.15, -0.1) is 0 Å². The van der Waals surface area contributed by atoms with Crippen molar-refractivity contribution >= 4 is 23.2 Å². The molecular weight excluding hydrogens is 270 g/mol. The van der Waals surface area contributed by atoms with E-state index in [0.717, 1.165) is 5.69 Å². The standard InChI is InChI=1S/C16H16ClN3/c1-16(12-5-3-2-4-6-12)11-19-15(18)20(16)14-9-7-13(17)8-10-14/h2-10H,11H2,1H3,(H2,18,19). The van der Waals surface area contributed by atoms with Gasteiger partial charge in [0.1, 0.15) is 0 Å². The monoisotopic (exact) mass is 285 g/mol. The van der Waals surface area contributed by atoms with Crippen LogP contribution in [0, 0.1) is 0 Å². The fraction of sp³-hybridized carbons (Fsp3) is 0.188. The molecule has 1 aliphatic rings. The van der Waals surface area contributed by atoms with Crippen LogP contribution in [-0.2, 0) is 5.54 Å². The van der Waals surface area contributed by atoms with Gasteiger partial charge in [0.25, 0.3) is 0 Å². The maximum absolute atomic E-state index is 6.10. The molecule has 1 atom stereocenters. The van der Waals surface area contributed by atoms with Crippen molar-refractivity contribution in [3.8, 4) is 0 Å². The molecular formula is C16H16ClN3. The molecule has 0 spiro atoms. The van der Waals surface area contributed by atoms with Crippen LogP contribution < -0.4 is 10.6 Å². The minimum absolute atomic E-state index is 0.265. The van der Waals surface area contributed by atoms with E-state index in [1.807, 2.05) is 42.5 Å². The minimum Gasteiger partial charge on any atom is -0.369 e. The summed E-state index contributed by atoms with van der Waals surface area (Å²) in [6.07, 6.45) is 0. The maximum Gasteiger partial charge on any atom is 0.196 e. The van der Waals surface area contributed by atoms with Gasteiger partial charge < -0.3 is 10.6 Å². The van der Waals surface area contributed by atoms with E-state index in [1.165, 1.54) is 5.56 Å². The summed E-state index contributed by atoms with van der Waals surface area (Å²) in [6.45, 7) is 2.80. The number of aliphatic imine (C=N–C) groups is 1. The number of halogens is 1. The van der Waals surface area contributed by atoms with Gasteiger partial charge in [-0.05, 0) is 36.8 Å². The van der Waals surface area contributed by atoms with Gasteiger partial charge in [-0.25, -0.2) is 0 Å². The molecule has 1 unspecified atom stereocenters. The normalized spacial score (nSPS) is 21.9. The Morgan fingerprint density at radius 3 is 2.40 bits per heavy atom. The number of anilines is 1. The van der Waals surface area contributed by atoms with Crippen LogP contribution in [0.1, 0.15) is 12.5 Å². The van der Waals surface area contributed by atoms with Crippen molar-refractivity contribution < 1.29 is 0 Å². The van der Waals surface area contributed by atoms with Crippen molar-refractivity contribution in [2.75, 3.05) is 11.4 Å². The molecule has 1 heterocycles. The van der Waals surface area contributed by atoms with Gasteiger partial charge in [0, 0.05) is 10.7 Å². The van der Waals surface area contributed by atoms with Crippen LogP contribution in [0.5, 0.6) is 0 Å². The lowest BCUT2D eigenvalue weighted by Gasteiger charge is -2.36. The molecule has 3 rings (SSSR count). The van der Waals surface area contributed by atoms with Gasteiger partial charge in [-0.2, -0.15) is 0 Å². The number of guanidine groups is 1. The van der Waals surface area contributed by atoms with E-state index in [0.29, 0.717) is 17.5 Å². The lowest BCUT2D eigenvalue weighted by Crippen LogP contribution is -2.47. The highest BCUT2D eigenvalue weighted by Gasteiger charge is 2.40. The van der Waals surface area contributed by atoms with Crippen molar-refractivity contribution in [2.45, 2.75) is 12.5 Å². The third kappa shape index (κ3) is 2.04. The SMILES string of the molecule is CC1(c2ccccc2)CN=C(N)N1c1ccc(Cl)cc1. The number of nitrogens with two attached hydrogens (primary N) is 1. The quantitative estimate of drug-likeness (QED) is 0.919. The van der Waals surface area contributed by atoms with Crippen LogP contribution in [0.3, 0.4) is 0 Å². The van der Waals surface area contributed by atoms with E-state index in [9.17, 15) is 0 Å². The summed E-state index contributed by atoms with van der Waals surface area (Å²) < 4.78 is 0. The summed E-state index contributed by atoms with van der Waals surface area (Å²) in [6, 6.07) is 18.0. The van der Waals surface area contributed by atoms with Gasteiger partial charge in [0.15, 0.2) is 5.96 Å². The number of benzene rings is 2. The fourth-order valence-electron chi connectivity index (χ4n) is 2.65. The predicted octanol–water partition coefficient (Wildman–Crippen LogP) is 3.39. The zero-order chi connectivity index (χ0) is 14.2. The van der Waals surface area contributed by atoms with E-state index >= 15 is 0 Å². The molecule has 2 N–H and O–H groups in total. The topological polar surface area (TPSA) is 41.6 Å². The Bertz CT molecular complexity index is 637. The van der Waals surface area contributed by atoms with Gasteiger partial charge in [0.05, 0.1) is 12.1 Å². The Labute approximate surface area is 123 Å². The first kappa shape index (κ1) is 13.0. The number of nitrogens with zero attached hydrogens (tertiary/aromatic N) is 2. The minimum atomic E-state index is -0.265. The van der Waals surface area contributed by atoms with Crippen molar-refractivity contribution in [1.29, 1.82) is 0 Å². The summed E-state index contributed by atoms with van der Waals surface area (Å²) in [4.78, 5) is 6.50. The Kier molecular flexibility index (Phi) is 3.14. The smallest absolute Gasteiger partial charge is 0.196 e. The number of hydrogen-bond donors (Lipinski definition) is 1. The average molecular weight is 286 g/mol. The van der Waals surface area contributed by atoms with Crippen LogP contribution in [0.15, 0.2) is 59.6 Å². The van der Waals surface area contributed by atoms with Crippen LogP contribution in [0.2, 0.25) is 5.02 Å². The molecule has 20 heavy (non-hydrogen) atoms.